The Morgan fingerprint density at radius 2 is 1.70 bits per heavy atom. The Balaban J connectivity index is 2.10. The first kappa shape index (κ1) is 21.6. The summed E-state index contributed by atoms with van der Waals surface area (Å²) in [6.45, 7) is 2.79. The Morgan fingerprint density at radius 3 is 2.27 bits per heavy atom. The highest BCUT2D eigenvalue weighted by Gasteiger charge is 2.45. The zero-order chi connectivity index (χ0) is 21.8. The molecule has 30 heavy (non-hydrogen) atoms. The molecule has 0 spiro atoms. The predicted octanol–water partition coefficient (Wildman–Crippen LogP) is 3.52. The lowest BCUT2D eigenvalue weighted by Gasteiger charge is -2.26. The van der Waals surface area contributed by atoms with Gasteiger partial charge in [0.1, 0.15) is 5.76 Å². The van der Waals surface area contributed by atoms with Crippen molar-refractivity contribution in [2.75, 3.05) is 39.3 Å². The summed E-state index contributed by atoms with van der Waals surface area (Å²) in [6.07, 6.45) is 0.598. The van der Waals surface area contributed by atoms with Gasteiger partial charge < -0.3 is 19.6 Å². The van der Waals surface area contributed by atoms with Crippen molar-refractivity contribution in [3.8, 4) is 0 Å². The van der Waals surface area contributed by atoms with Gasteiger partial charge in [-0.15, -0.1) is 0 Å². The van der Waals surface area contributed by atoms with Crippen LogP contribution in [0.15, 0.2) is 54.1 Å². The second-order valence-corrected chi connectivity index (χ2v) is 7.69. The normalized spacial score (nSPS) is 18.1. The van der Waals surface area contributed by atoms with E-state index in [-0.39, 0.29) is 11.3 Å². The molecule has 1 heterocycles. The second-order valence-electron chi connectivity index (χ2n) is 7.69. The number of ketones is 1. The summed E-state index contributed by atoms with van der Waals surface area (Å²) in [5.41, 5.74) is 3.48. The van der Waals surface area contributed by atoms with Gasteiger partial charge in [-0.1, -0.05) is 42.0 Å². The third kappa shape index (κ3) is 4.24. The largest absolute Gasteiger partial charge is 0.507 e. The highest BCUT2D eigenvalue weighted by molar-refractivity contribution is 6.46. The van der Waals surface area contributed by atoms with Crippen molar-refractivity contribution >= 4 is 23.1 Å². The summed E-state index contributed by atoms with van der Waals surface area (Å²) in [6, 6.07) is 14.3. The third-order valence-corrected chi connectivity index (χ3v) is 5.34. The Morgan fingerprint density at radius 1 is 1.07 bits per heavy atom. The van der Waals surface area contributed by atoms with E-state index in [1.54, 1.807) is 19.2 Å². The molecule has 158 valence electrons. The lowest BCUT2D eigenvalue weighted by molar-refractivity contribution is -0.140. The van der Waals surface area contributed by atoms with Crippen LogP contribution in [0.1, 0.15) is 29.2 Å². The Hall–Kier alpha value is -3.12. The zero-order valence-electron chi connectivity index (χ0n) is 17.9. The number of aliphatic hydroxyl groups is 1. The smallest absolute Gasteiger partial charge is 0.295 e. The average molecular weight is 408 g/mol. The molecule has 3 rings (SSSR count). The van der Waals surface area contributed by atoms with E-state index in [2.05, 4.69) is 0 Å². The standard InChI is InChI=1S/C24H28N2O4/c1-16-6-8-18(9-7-16)22(27)20-21(17-10-12-19(13-11-17)25(2)3)26(14-5-15-30-4)24(29)23(20)28/h6-13,21,27H,5,14-15H2,1-4H3/b22-20+/t21-/m1/s1. The molecule has 1 aliphatic rings. The number of nitrogens with zero attached hydrogens (tertiary/aromatic N) is 2. The molecule has 6 heteroatoms. The number of carbonyl (C=O) groups is 2. The summed E-state index contributed by atoms with van der Waals surface area (Å²) in [5.74, 6) is -1.40. The van der Waals surface area contributed by atoms with Crippen molar-refractivity contribution in [2.45, 2.75) is 19.4 Å². The lowest BCUT2D eigenvalue weighted by Crippen LogP contribution is -2.31. The summed E-state index contributed by atoms with van der Waals surface area (Å²) in [4.78, 5) is 29.3. The minimum Gasteiger partial charge on any atom is -0.507 e. The van der Waals surface area contributed by atoms with Crippen molar-refractivity contribution in [2.24, 2.45) is 0 Å². The Kier molecular flexibility index (Phi) is 6.57. The molecule has 2 aromatic carbocycles. The molecule has 0 unspecified atom stereocenters. The molecule has 0 saturated carbocycles. The van der Waals surface area contributed by atoms with Crippen LogP contribution in [-0.4, -0.2) is 56.1 Å². The van der Waals surface area contributed by atoms with Crippen molar-refractivity contribution in [1.29, 1.82) is 0 Å². The molecule has 2 aromatic rings. The fourth-order valence-corrected chi connectivity index (χ4v) is 3.66. The summed E-state index contributed by atoms with van der Waals surface area (Å²) in [7, 11) is 5.50. The van der Waals surface area contributed by atoms with E-state index in [1.165, 1.54) is 4.90 Å². The van der Waals surface area contributed by atoms with E-state index in [1.807, 2.05) is 62.3 Å². The van der Waals surface area contributed by atoms with E-state index in [0.717, 1.165) is 16.8 Å². The fraction of sp³-hybridized carbons (Fsp3) is 0.333. The van der Waals surface area contributed by atoms with Gasteiger partial charge in [0.2, 0.25) is 0 Å². The first-order valence-corrected chi connectivity index (χ1v) is 9.96. The first-order chi connectivity index (χ1) is 14.3. The maximum atomic E-state index is 12.9. The van der Waals surface area contributed by atoms with E-state index in [9.17, 15) is 14.7 Å². The highest BCUT2D eigenvalue weighted by atomic mass is 16.5. The van der Waals surface area contributed by atoms with Crippen molar-refractivity contribution in [3.63, 3.8) is 0 Å². The molecule has 1 atom stereocenters. The second kappa shape index (κ2) is 9.13. The Labute approximate surface area is 177 Å². The van der Waals surface area contributed by atoms with Crippen molar-refractivity contribution in [1.82, 2.24) is 4.90 Å². The molecule has 1 aliphatic heterocycles. The van der Waals surface area contributed by atoms with Gasteiger partial charge in [-0.2, -0.15) is 0 Å². The van der Waals surface area contributed by atoms with Crippen LogP contribution < -0.4 is 4.90 Å². The molecule has 1 fully saturated rings. The summed E-state index contributed by atoms with van der Waals surface area (Å²) < 4.78 is 5.11. The molecular weight excluding hydrogens is 380 g/mol. The molecule has 0 bridgehead atoms. The van der Waals surface area contributed by atoms with E-state index >= 15 is 0 Å². The van der Waals surface area contributed by atoms with Gasteiger partial charge in [-0.05, 0) is 31.0 Å². The zero-order valence-corrected chi connectivity index (χ0v) is 17.9. The number of benzene rings is 2. The number of ether oxygens (including phenoxy) is 1. The molecule has 0 radical (unpaired) electrons. The van der Waals surface area contributed by atoms with E-state index in [4.69, 9.17) is 4.74 Å². The van der Waals surface area contributed by atoms with Crippen LogP contribution in [0.25, 0.3) is 5.76 Å². The fourth-order valence-electron chi connectivity index (χ4n) is 3.66. The van der Waals surface area contributed by atoms with Crippen molar-refractivity contribution < 1.29 is 19.4 Å². The van der Waals surface area contributed by atoms with Crippen LogP contribution in [-0.2, 0) is 14.3 Å². The molecule has 0 aliphatic carbocycles. The van der Waals surface area contributed by atoms with Gasteiger partial charge in [-0.25, -0.2) is 0 Å². The number of hydrogen-bond donors (Lipinski definition) is 1. The van der Waals surface area contributed by atoms with Gasteiger partial charge in [0.25, 0.3) is 11.7 Å². The van der Waals surface area contributed by atoms with Gasteiger partial charge in [0.15, 0.2) is 0 Å². The number of amides is 1. The lowest BCUT2D eigenvalue weighted by atomic mass is 9.95. The first-order valence-electron chi connectivity index (χ1n) is 9.96. The SMILES string of the molecule is COCCCN1C(=O)C(=O)/C(=C(/O)c2ccc(C)cc2)[C@H]1c1ccc(N(C)C)cc1. The number of methoxy groups -OCH3 is 1. The molecule has 1 saturated heterocycles. The predicted molar refractivity (Wildman–Crippen MR) is 117 cm³/mol. The van der Waals surface area contributed by atoms with Crippen LogP contribution >= 0.6 is 0 Å². The number of likely N-dealkylation sites (tertiary alicyclic amines) is 1. The number of carbonyl (C=O) groups excluding carboxylic acids is 2. The average Bonchev–Trinajstić information content (AvgIpc) is 2.99. The third-order valence-electron chi connectivity index (χ3n) is 5.34. The van der Waals surface area contributed by atoms with Gasteiger partial charge in [0, 0.05) is 45.6 Å². The summed E-state index contributed by atoms with van der Waals surface area (Å²) in [5, 5.41) is 11.0. The van der Waals surface area contributed by atoms with Crippen LogP contribution in [0.5, 0.6) is 0 Å². The van der Waals surface area contributed by atoms with Gasteiger partial charge >= 0.3 is 0 Å². The molecule has 6 nitrogen and oxygen atoms in total. The topological polar surface area (TPSA) is 70.1 Å². The van der Waals surface area contributed by atoms with Crippen molar-refractivity contribution in [3.05, 3.63) is 70.8 Å². The summed E-state index contributed by atoms with van der Waals surface area (Å²) >= 11 is 0. The quantitative estimate of drug-likeness (QED) is 0.329. The van der Waals surface area contributed by atoms with Crippen LogP contribution in [0.2, 0.25) is 0 Å². The van der Waals surface area contributed by atoms with Crippen LogP contribution in [0.4, 0.5) is 5.69 Å². The number of Topliss-reactive ketones (excluding diaryl/α,β-unsaturated/α-hetero) is 1. The number of aryl methyl sites for hydroxylation is 1. The van der Waals surface area contributed by atoms with Gasteiger partial charge in [-0.3, -0.25) is 9.59 Å². The maximum Gasteiger partial charge on any atom is 0.295 e. The number of aliphatic hydroxyl groups excluding tert-OH is 1. The number of rotatable bonds is 7. The molecular formula is C24H28N2O4. The number of hydrogen-bond acceptors (Lipinski definition) is 5. The van der Waals surface area contributed by atoms with Crippen LogP contribution in [0, 0.1) is 6.92 Å². The highest BCUT2D eigenvalue weighted by Crippen LogP contribution is 2.39. The minimum absolute atomic E-state index is 0.124. The maximum absolute atomic E-state index is 12.9. The minimum atomic E-state index is -0.660. The monoisotopic (exact) mass is 408 g/mol. The Bertz CT molecular complexity index is 946. The van der Waals surface area contributed by atoms with Crippen LogP contribution in [0.3, 0.4) is 0 Å². The molecule has 1 N–H and O–H groups in total. The number of anilines is 1. The van der Waals surface area contributed by atoms with E-state index < -0.39 is 17.7 Å². The van der Waals surface area contributed by atoms with E-state index in [0.29, 0.717) is 25.1 Å². The van der Waals surface area contributed by atoms with Gasteiger partial charge in [0.05, 0.1) is 11.6 Å². The molecule has 0 aromatic heterocycles. The molecule has 1 amide bonds.